The highest BCUT2D eigenvalue weighted by atomic mass is 31.1. The van der Waals surface area contributed by atoms with Crippen LogP contribution in [0.2, 0.25) is 0 Å². The van der Waals surface area contributed by atoms with Crippen LogP contribution in [0.4, 0.5) is 5.82 Å². The molecule has 40 heavy (non-hydrogen) atoms. The largest absolute Gasteiger partial charge is 0.461 e. The van der Waals surface area contributed by atoms with E-state index in [-0.39, 0.29) is 30.2 Å². The number of hydrogen-bond donors (Lipinski definition) is 4. The molecule has 1 saturated heterocycles. The molecule has 0 spiro atoms. The van der Waals surface area contributed by atoms with Gasteiger partial charge in [-0.15, -0.1) is 0 Å². The lowest BCUT2D eigenvalue weighted by atomic mass is 10.1. The molecular formula is C26H42N7O6P. The molecule has 2 aromatic heterocycles. The van der Waals surface area contributed by atoms with Gasteiger partial charge in [-0.25, -0.2) is 4.79 Å². The van der Waals surface area contributed by atoms with Crippen molar-refractivity contribution in [2.75, 3.05) is 52.4 Å². The number of ether oxygens (including phenoxy) is 3. The van der Waals surface area contributed by atoms with Gasteiger partial charge in [0, 0.05) is 47.1 Å². The second kappa shape index (κ2) is 17.7. The Morgan fingerprint density at radius 1 is 1.23 bits per heavy atom. The van der Waals surface area contributed by atoms with Crippen molar-refractivity contribution in [3.05, 3.63) is 45.9 Å². The molecule has 1 aliphatic rings. The Bertz CT molecular complexity index is 1230. The van der Waals surface area contributed by atoms with Gasteiger partial charge in [0.15, 0.2) is 11.5 Å². The van der Waals surface area contributed by atoms with Crippen molar-refractivity contribution in [1.29, 1.82) is 0 Å². The molecule has 1 unspecified atom stereocenters. The number of nitrogen functional groups attached to an aromatic ring is 1. The average Bonchev–Trinajstić information content (AvgIpc) is 3.24. The van der Waals surface area contributed by atoms with Gasteiger partial charge < -0.3 is 34.8 Å². The molecule has 3 aromatic rings. The fourth-order valence-corrected chi connectivity index (χ4v) is 5.01. The van der Waals surface area contributed by atoms with Gasteiger partial charge in [-0.1, -0.05) is 31.2 Å². The molecule has 222 valence electrons. The summed E-state index contributed by atoms with van der Waals surface area (Å²) in [7, 11) is 0.805. The smallest absolute Gasteiger partial charge is 0.328 e. The molecule has 0 saturated carbocycles. The normalized spacial score (nSPS) is 14.2. The number of benzene rings is 1. The zero-order valence-corrected chi connectivity index (χ0v) is 24.6. The fraction of sp³-hybridized carbons (Fsp3) is 0.538. The van der Waals surface area contributed by atoms with Crippen LogP contribution in [0.3, 0.4) is 0 Å². The first-order valence-electron chi connectivity index (χ1n) is 13.1. The second-order valence-corrected chi connectivity index (χ2v) is 10.9. The van der Waals surface area contributed by atoms with Crippen molar-refractivity contribution in [3.8, 4) is 6.01 Å². The summed E-state index contributed by atoms with van der Waals surface area (Å²) in [5, 5.41) is 8.06. The summed E-state index contributed by atoms with van der Waals surface area (Å²) in [5.74, 6) is 0.159. The summed E-state index contributed by atoms with van der Waals surface area (Å²) >= 11 is 0. The van der Waals surface area contributed by atoms with Crippen molar-refractivity contribution in [2.45, 2.75) is 46.0 Å². The minimum atomic E-state index is -0.773. The van der Waals surface area contributed by atoms with Gasteiger partial charge >= 0.3 is 11.7 Å². The maximum atomic E-state index is 12.6. The number of carbonyl (C=O) groups is 1. The number of nitrogens with one attached hydrogen (secondary N) is 1. The van der Waals surface area contributed by atoms with Crippen LogP contribution < -0.4 is 21.7 Å². The predicted octanol–water partition coefficient (Wildman–Crippen LogP) is 1.86. The molecule has 1 aromatic carbocycles. The number of rotatable bonds is 10. The topological polar surface area (TPSA) is 184 Å². The highest BCUT2D eigenvalue weighted by Gasteiger charge is 2.19. The summed E-state index contributed by atoms with van der Waals surface area (Å²) in [6, 6.07) is 8.20. The number of aliphatic hydroxyl groups excluding tert-OH is 1. The summed E-state index contributed by atoms with van der Waals surface area (Å²) in [6.07, 6.45) is 2.12. The van der Waals surface area contributed by atoms with Crippen molar-refractivity contribution in [1.82, 2.24) is 24.2 Å². The predicted molar refractivity (Wildman–Crippen MR) is 156 cm³/mol. The molecule has 1 aliphatic heterocycles. The van der Waals surface area contributed by atoms with Crippen LogP contribution in [0, 0.1) is 0 Å². The number of aromatic nitrogens is 4. The van der Waals surface area contributed by atoms with E-state index in [1.807, 2.05) is 19.1 Å². The maximum Gasteiger partial charge on any atom is 0.328 e. The van der Waals surface area contributed by atoms with E-state index in [2.05, 4.69) is 31.8 Å². The number of carbonyl (C=O) groups excluding carboxylic acids is 1. The van der Waals surface area contributed by atoms with Crippen molar-refractivity contribution >= 4 is 31.5 Å². The molecule has 1 fully saturated rings. The molecule has 4 rings (SSSR count). The van der Waals surface area contributed by atoms with E-state index in [1.165, 1.54) is 4.57 Å². The third-order valence-electron chi connectivity index (χ3n) is 5.34. The quantitative estimate of drug-likeness (QED) is 0.156. The maximum absolute atomic E-state index is 12.6. The third kappa shape index (κ3) is 10.9. The first-order valence-corrected chi connectivity index (χ1v) is 14.7. The number of hydrogen-bond acceptors (Lipinski definition) is 11. The Balaban J connectivity index is 0.000000621. The van der Waals surface area contributed by atoms with Crippen molar-refractivity contribution < 1.29 is 24.1 Å². The lowest BCUT2D eigenvalue weighted by Crippen LogP contribution is -2.34. The number of nitrogens with zero attached hydrogens (tertiary/aromatic N) is 4. The lowest BCUT2D eigenvalue weighted by Gasteiger charge is -2.31. The summed E-state index contributed by atoms with van der Waals surface area (Å²) in [6.45, 7) is 9.44. The van der Waals surface area contributed by atoms with Gasteiger partial charge in [0.05, 0.1) is 26.4 Å². The zero-order chi connectivity index (χ0) is 29.5. The molecule has 14 heteroatoms. The monoisotopic (exact) mass is 579 g/mol. The number of imidazole rings is 1. The summed E-state index contributed by atoms with van der Waals surface area (Å²) < 4.78 is 19.7. The van der Waals surface area contributed by atoms with E-state index in [0.717, 1.165) is 49.9 Å². The number of fused-ring (bicyclic) bond motifs is 1. The van der Waals surface area contributed by atoms with Crippen LogP contribution >= 0.6 is 8.22 Å². The van der Waals surface area contributed by atoms with Crippen LogP contribution in [0.5, 0.6) is 6.01 Å². The van der Waals surface area contributed by atoms with Crippen molar-refractivity contribution in [3.63, 3.8) is 0 Å². The van der Waals surface area contributed by atoms with Crippen LogP contribution in [0.1, 0.15) is 38.3 Å². The van der Waals surface area contributed by atoms with E-state index in [1.54, 1.807) is 21.0 Å². The Morgan fingerprint density at radius 3 is 2.50 bits per heavy atom. The fourth-order valence-electron chi connectivity index (χ4n) is 3.56. The molecule has 13 nitrogen and oxygen atoms in total. The Kier molecular flexibility index (Phi) is 14.7. The summed E-state index contributed by atoms with van der Waals surface area (Å²) in [5.41, 5.74) is 15.1. The number of H-pyrrole nitrogens is 1. The number of aldehydes is 1. The van der Waals surface area contributed by atoms with Crippen LogP contribution in [0.25, 0.3) is 11.2 Å². The lowest BCUT2D eigenvalue weighted by molar-refractivity contribution is -0.107. The minimum absolute atomic E-state index is 0.104. The Labute approximate surface area is 235 Å². The number of nitrogens with two attached hydrogens (primary N) is 2. The SMILES string of the molecule is CC(C)O.CCC=O.COCCOc1nc(N)c2[nH]c(=O)n(Cc3cccc(CP(N)N4CCOCC4)c3)c2n1. The van der Waals surface area contributed by atoms with Crippen LogP contribution in [0.15, 0.2) is 29.1 Å². The molecule has 0 aliphatic carbocycles. The average molecular weight is 580 g/mol. The first kappa shape index (κ1) is 33.3. The first-order chi connectivity index (χ1) is 19.2. The Hall–Kier alpha value is -2.93. The molecule has 0 radical (unpaired) electrons. The van der Waals surface area contributed by atoms with Gasteiger partial charge in [0.2, 0.25) is 0 Å². The van der Waals surface area contributed by atoms with Gasteiger partial charge in [0.25, 0.3) is 0 Å². The van der Waals surface area contributed by atoms with Gasteiger partial charge in [-0.2, -0.15) is 9.97 Å². The number of anilines is 1. The number of aliphatic hydroxyl groups is 1. The van der Waals surface area contributed by atoms with E-state index >= 15 is 0 Å². The standard InChI is InChI=1S/C20H28N7O4P.C3H8O.C3H6O/c1-29-9-10-31-19-24-17(21)16-18(25-19)27(20(28)23-16)12-14-3-2-4-15(11-14)13-32(22)26-5-7-30-8-6-26;1-3(2)4;1-2-3-4/h2-4,11H,5-10,12-13,22H2,1H3,(H,23,28)(H2,21,24,25);3-4H,1-2H3;3H,2H2,1H3. The van der Waals surface area contributed by atoms with E-state index in [9.17, 15) is 9.59 Å². The van der Waals surface area contributed by atoms with E-state index in [4.69, 9.17) is 30.6 Å². The van der Waals surface area contributed by atoms with Gasteiger partial charge in [0.1, 0.15) is 18.4 Å². The molecule has 0 amide bonds. The molecule has 3 heterocycles. The zero-order valence-electron chi connectivity index (χ0n) is 23.7. The highest BCUT2D eigenvalue weighted by molar-refractivity contribution is 7.51. The number of methoxy groups -OCH3 is 1. The second-order valence-electron chi connectivity index (χ2n) is 9.10. The highest BCUT2D eigenvalue weighted by Crippen LogP contribution is 2.36. The minimum Gasteiger partial charge on any atom is -0.461 e. The molecule has 1 atom stereocenters. The number of morpholine rings is 1. The van der Waals surface area contributed by atoms with Crippen LogP contribution in [-0.2, 0) is 27.0 Å². The third-order valence-corrected chi connectivity index (χ3v) is 7.16. The van der Waals surface area contributed by atoms with Crippen LogP contribution in [-0.4, -0.2) is 88.3 Å². The Morgan fingerprint density at radius 2 is 1.88 bits per heavy atom. The summed E-state index contributed by atoms with van der Waals surface area (Å²) in [4.78, 5) is 33.0. The molecule has 0 bridgehead atoms. The molecular weight excluding hydrogens is 537 g/mol. The molecule has 6 N–H and O–H groups in total. The van der Waals surface area contributed by atoms with E-state index in [0.29, 0.717) is 30.7 Å². The van der Waals surface area contributed by atoms with Crippen molar-refractivity contribution in [2.24, 2.45) is 5.50 Å². The number of aromatic amines is 1. The van der Waals surface area contributed by atoms with Gasteiger partial charge in [-0.3, -0.25) is 14.7 Å². The van der Waals surface area contributed by atoms with Gasteiger partial charge in [-0.05, 0) is 25.0 Å². The van der Waals surface area contributed by atoms with E-state index < -0.39 is 8.22 Å².